The van der Waals surface area contributed by atoms with Crippen LogP contribution in [0.1, 0.15) is 0 Å². The van der Waals surface area contributed by atoms with Crippen LogP contribution in [-0.2, 0) is 21.7 Å². The van der Waals surface area contributed by atoms with Crippen LogP contribution in [0.25, 0.3) is 0 Å². The van der Waals surface area contributed by atoms with Crippen LogP contribution in [0.2, 0.25) is 0 Å². The Labute approximate surface area is 87.5 Å². The van der Waals surface area contributed by atoms with Crippen molar-refractivity contribution in [2.45, 2.75) is 0 Å². The number of rotatable bonds is 0. The van der Waals surface area contributed by atoms with Crippen molar-refractivity contribution in [3.8, 4) is 5.75 Å². The third kappa shape index (κ3) is 6.43. The summed E-state index contributed by atoms with van der Waals surface area (Å²) in [6.45, 7) is 0. The van der Waals surface area contributed by atoms with Gasteiger partial charge in [0.2, 0.25) is 0 Å². The maximum absolute atomic E-state index is 10.3. The summed E-state index contributed by atoms with van der Waals surface area (Å²) in [6.07, 6.45) is 0. The molecule has 0 heterocycles. The maximum Gasteiger partial charge on any atom is 3.00 e. The SMILES string of the molecule is [Cl-].[Cl-].[O-]c1ccccc1.[Ti+3]. The molecule has 0 N–H and O–H groups in total. The van der Waals surface area contributed by atoms with Crippen molar-refractivity contribution in [2.75, 3.05) is 0 Å². The van der Waals surface area contributed by atoms with E-state index in [0.29, 0.717) is 0 Å². The fourth-order valence-corrected chi connectivity index (χ4v) is 0.420. The second-order valence-electron chi connectivity index (χ2n) is 1.31. The zero-order valence-corrected chi connectivity index (χ0v) is 8.12. The molecule has 0 aliphatic rings. The van der Waals surface area contributed by atoms with Gasteiger partial charge in [-0.25, -0.2) is 0 Å². The van der Waals surface area contributed by atoms with Gasteiger partial charge in [-0.15, -0.1) is 5.75 Å². The molecule has 4 heteroatoms. The van der Waals surface area contributed by atoms with Gasteiger partial charge in [-0.3, -0.25) is 0 Å². The van der Waals surface area contributed by atoms with E-state index < -0.39 is 0 Å². The molecule has 0 saturated heterocycles. The van der Waals surface area contributed by atoms with E-state index >= 15 is 0 Å². The Morgan fingerprint density at radius 2 is 1.30 bits per heavy atom. The zero-order chi connectivity index (χ0) is 5.11. The van der Waals surface area contributed by atoms with Gasteiger partial charge in [0.25, 0.3) is 0 Å². The second-order valence-corrected chi connectivity index (χ2v) is 1.31. The fraction of sp³-hybridized carbons (Fsp3) is 0. The zero-order valence-electron chi connectivity index (χ0n) is 5.05. The summed E-state index contributed by atoms with van der Waals surface area (Å²) < 4.78 is 0. The van der Waals surface area contributed by atoms with E-state index in [4.69, 9.17) is 0 Å². The normalized spacial score (nSPS) is 6.00. The fourth-order valence-electron chi connectivity index (χ4n) is 0.420. The molecule has 1 nitrogen and oxygen atoms in total. The first-order valence-corrected chi connectivity index (χ1v) is 2.11. The average molecular weight is 212 g/mol. The average Bonchev–Trinajstić information content (AvgIpc) is 1.69. The maximum atomic E-state index is 10.3. The molecule has 0 spiro atoms. The van der Waals surface area contributed by atoms with Crippen molar-refractivity contribution in [1.82, 2.24) is 0 Å². The molecule has 0 aliphatic carbocycles. The van der Waals surface area contributed by atoms with Gasteiger partial charge in [-0.05, 0) is 0 Å². The second kappa shape index (κ2) is 9.31. The van der Waals surface area contributed by atoms with E-state index in [2.05, 4.69) is 0 Å². The van der Waals surface area contributed by atoms with Crippen molar-refractivity contribution < 1.29 is 51.6 Å². The van der Waals surface area contributed by atoms with Gasteiger partial charge in [0.1, 0.15) is 0 Å². The minimum atomic E-state index is 0. The number of hydrogen-bond acceptors (Lipinski definition) is 1. The van der Waals surface area contributed by atoms with Crippen molar-refractivity contribution in [3.05, 3.63) is 30.3 Å². The van der Waals surface area contributed by atoms with Crippen molar-refractivity contribution >= 4 is 0 Å². The van der Waals surface area contributed by atoms with Gasteiger partial charge >= 0.3 is 21.7 Å². The molecule has 0 saturated carbocycles. The molecular weight excluding hydrogens is 207 g/mol. The Kier molecular flexibility index (Phi) is 15.6. The number of para-hydroxylation sites is 1. The summed E-state index contributed by atoms with van der Waals surface area (Å²) in [5.74, 6) is 0.0718. The monoisotopic (exact) mass is 211 g/mol. The molecule has 0 fully saturated rings. The minimum Gasteiger partial charge on any atom is -1.00 e. The summed E-state index contributed by atoms with van der Waals surface area (Å²) in [4.78, 5) is 0. The first kappa shape index (κ1) is 16.7. The van der Waals surface area contributed by atoms with Gasteiger partial charge in [0, 0.05) is 0 Å². The molecule has 0 amide bonds. The first-order chi connectivity index (χ1) is 3.39. The van der Waals surface area contributed by atoms with Crippen LogP contribution in [0.5, 0.6) is 5.75 Å². The topological polar surface area (TPSA) is 23.1 Å². The van der Waals surface area contributed by atoms with E-state index in [-0.39, 0.29) is 52.3 Å². The number of hydrogen-bond donors (Lipinski definition) is 0. The van der Waals surface area contributed by atoms with Crippen LogP contribution in [0.4, 0.5) is 0 Å². The van der Waals surface area contributed by atoms with Crippen LogP contribution < -0.4 is 29.9 Å². The minimum absolute atomic E-state index is 0. The largest absolute Gasteiger partial charge is 3.00 e. The molecule has 53 valence electrons. The quantitative estimate of drug-likeness (QED) is 0.394. The Morgan fingerprint density at radius 3 is 1.50 bits per heavy atom. The summed E-state index contributed by atoms with van der Waals surface area (Å²) in [5.41, 5.74) is 0. The van der Waals surface area contributed by atoms with Gasteiger partial charge in [0.05, 0.1) is 0 Å². The van der Waals surface area contributed by atoms with Crippen LogP contribution in [-0.4, -0.2) is 0 Å². The molecule has 0 unspecified atom stereocenters. The van der Waals surface area contributed by atoms with Crippen molar-refractivity contribution in [1.29, 1.82) is 0 Å². The summed E-state index contributed by atoms with van der Waals surface area (Å²) >= 11 is 0. The molecule has 0 atom stereocenters. The summed E-state index contributed by atoms with van der Waals surface area (Å²) in [5, 5.41) is 10.3. The standard InChI is InChI=1S/C6H6O.2ClH.Ti/c7-6-4-2-1-3-5-6;;;/h1-5,7H;2*1H;/q;;;+3/p-3. The Hall–Kier alpha value is 0.314. The Morgan fingerprint density at radius 1 is 0.900 bits per heavy atom. The van der Waals surface area contributed by atoms with Gasteiger partial charge in [-0.1, -0.05) is 30.3 Å². The Bertz CT molecular complexity index is 146. The van der Waals surface area contributed by atoms with E-state index in [1.54, 1.807) is 12.1 Å². The van der Waals surface area contributed by atoms with E-state index in [0.717, 1.165) is 0 Å². The third-order valence-corrected chi connectivity index (χ3v) is 0.743. The molecule has 0 aromatic heterocycles. The van der Waals surface area contributed by atoms with Crippen LogP contribution in [0, 0.1) is 0 Å². The summed E-state index contributed by atoms with van der Waals surface area (Å²) in [6, 6.07) is 8.33. The predicted molar refractivity (Wildman–Crippen MR) is 25.9 cm³/mol. The molecular formula is C6H5Cl2OTi. The van der Waals surface area contributed by atoms with Crippen molar-refractivity contribution in [2.24, 2.45) is 0 Å². The number of benzene rings is 1. The first-order valence-electron chi connectivity index (χ1n) is 2.11. The molecule has 1 aromatic carbocycles. The molecule has 1 aromatic rings. The van der Waals surface area contributed by atoms with E-state index in [9.17, 15) is 5.11 Å². The van der Waals surface area contributed by atoms with Crippen molar-refractivity contribution in [3.63, 3.8) is 0 Å². The molecule has 1 radical (unpaired) electrons. The summed E-state index contributed by atoms with van der Waals surface area (Å²) in [7, 11) is 0. The van der Waals surface area contributed by atoms with Gasteiger partial charge in [0.15, 0.2) is 0 Å². The van der Waals surface area contributed by atoms with Crippen LogP contribution in [0.3, 0.4) is 0 Å². The predicted octanol–water partition coefficient (Wildman–Crippen LogP) is -5.23. The number of halogens is 2. The Balaban J connectivity index is -0.000000163. The molecule has 0 aliphatic heterocycles. The molecule has 1 rings (SSSR count). The van der Waals surface area contributed by atoms with Gasteiger partial charge in [-0.2, -0.15) is 0 Å². The van der Waals surface area contributed by atoms with Gasteiger partial charge < -0.3 is 29.9 Å². The van der Waals surface area contributed by atoms with Crippen LogP contribution in [0.15, 0.2) is 30.3 Å². The molecule has 0 bridgehead atoms. The van der Waals surface area contributed by atoms with E-state index in [1.165, 1.54) is 12.1 Å². The third-order valence-electron chi connectivity index (χ3n) is 0.743. The van der Waals surface area contributed by atoms with Crippen LogP contribution >= 0.6 is 0 Å². The molecule has 10 heavy (non-hydrogen) atoms. The van der Waals surface area contributed by atoms with E-state index in [1.807, 2.05) is 6.07 Å². The smallest absolute Gasteiger partial charge is 1.00 e.